The minimum atomic E-state index is -0.0642. The van der Waals surface area contributed by atoms with Gasteiger partial charge in [0.05, 0.1) is 18.6 Å². The number of rotatable bonds is 6. The van der Waals surface area contributed by atoms with E-state index in [2.05, 4.69) is 29.4 Å². The van der Waals surface area contributed by atoms with Crippen LogP contribution in [0, 0.1) is 6.92 Å². The quantitative estimate of drug-likeness (QED) is 0.630. The average molecular weight is 370 g/mol. The van der Waals surface area contributed by atoms with Crippen LogP contribution in [0.3, 0.4) is 0 Å². The first-order chi connectivity index (χ1) is 12.1. The molecule has 0 radical (unpaired) electrons. The van der Waals surface area contributed by atoms with Gasteiger partial charge in [0.25, 0.3) is 0 Å². The predicted octanol–water partition coefficient (Wildman–Crippen LogP) is 4.86. The van der Waals surface area contributed by atoms with Gasteiger partial charge in [0.2, 0.25) is 5.91 Å². The van der Waals surface area contributed by atoms with Crippen molar-refractivity contribution in [3.05, 3.63) is 59.5 Å². The molecule has 4 nitrogen and oxygen atoms in total. The second kappa shape index (κ2) is 8.18. The van der Waals surface area contributed by atoms with Crippen molar-refractivity contribution >= 4 is 34.1 Å². The molecule has 0 spiro atoms. The van der Waals surface area contributed by atoms with Gasteiger partial charge in [-0.05, 0) is 31.2 Å². The third-order valence-electron chi connectivity index (χ3n) is 3.53. The van der Waals surface area contributed by atoms with E-state index in [1.807, 2.05) is 41.8 Å². The topological polar surface area (TPSA) is 51.2 Å². The first-order valence-electron chi connectivity index (χ1n) is 7.73. The fourth-order valence-corrected chi connectivity index (χ4v) is 3.60. The van der Waals surface area contributed by atoms with Crippen molar-refractivity contribution in [3.8, 4) is 17.0 Å². The van der Waals surface area contributed by atoms with Crippen molar-refractivity contribution in [1.29, 1.82) is 0 Å². The summed E-state index contributed by atoms with van der Waals surface area (Å²) in [6.45, 7) is 2.05. The smallest absolute Gasteiger partial charge is 0.236 e. The summed E-state index contributed by atoms with van der Waals surface area (Å²) in [5, 5.41) is 5.44. The lowest BCUT2D eigenvalue weighted by Crippen LogP contribution is -2.13. The molecule has 0 unspecified atom stereocenters. The molecule has 0 aliphatic heterocycles. The van der Waals surface area contributed by atoms with Crippen molar-refractivity contribution in [2.75, 3.05) is 18.2 Å². The number of aromatic nitrogens is 1. The molecular weight excluding hydrogens is 352 g/mol. The number of nitrogens with one attached hydrogen (secondary N) is 1. The van der Waals surface area contributed by atoms with Gasteiger partial charge in [-0.25, -0.2) is 4.98 Å². The fraction of sp³-hybridized carbons (Fsp3) is 0.158. The minimum Gasteiger partial charge on any atom is -0.497 e. The first-order valence-corrected chi connectivity index (χ1v) is 9.60. The molecule has 3 aromatic rings. The summed E-state index contributed by atoms with van der Waals surface area (Å²) in [5.74, 6) is 1.08. The SMILES string of the molecule is COc1ccc(SCC(=O)Nc2nc(-c3ccc(C)cc3)cs2)cc1. The van der Waals surface area contributed by atoms with Crippen LogP contribution in [0.15, 0.2) is 58.8 Å². The average Bonchev–Trinajstić information content (AvgIpc) is 3.09. The van der Waals surface area contributed by atoms with Crippen molar-refractivity contribution < 1.29 is 9.53 Å². The van der Waals surface area contributed by atoms with Crippen LogP contribution in [0.2, 0.25) is 0 Å². The largest absolute Gasteiger partial charge is 0.497 e. The van der Waals surface area contributed by atoms with Crippen LogP contribution >= 0.6 is 23.1 Å². The molecular formula is C19H18N2O2S2. The summed E-state index contributed by atoms with van der Waals surface area (Å²) >= 11 is 2.92. The molecule has 3 rings (SSSR count). The zero-order valence-corrected chi connectivity index (χ0v) is 15.6. The molecule has 0 aliphatic rings. The molecule has 1 aromatic heterocycles. The lowest BCUT2D eigenvalue weighted by Gasteiger charge is -2.04. The fourth-order valence-electron chi connectivity index (χ4n) is 2.16. The Kier molecular flexibility index (Phi) is 5.73. The lowest BCUT2D eigenvalue weighted by molar-refractivity contribution is -0.113. The van der Waals surface area contributed by atoms with Gasteiger partial charge in [0, 0.05) is 15.8 Å². The summed E-state index contributed by atoms with van der Waals surface area (Å²) in [6, 6.07) is 15.8. The van der Waals surface area contributed by atoms with Crippen molar-refractivity contribution in [1.82, 2.24) is 4.98 Å². The number of anilines is 1. The van der Waals surface area contributed by atoms with Crippen molar-refractivity contribution in [2.45, 2.75) is 11.8 Å². The number of hydrogen-bond donors (Lipinski definition) is 1. The maximum Gasteiger partial charge on any atom is 0.236 e. The third-order valence-corrected chi connectivity index (χ3v) is 5.30. The van der Waals surface area contributed by atoms with Crippen LogP contribution in [0.1, 0.15) is 5.56 Å². The number of benzene rings is 2. The standard InChI is InChI=1S/C19H18N2O2S2/c1-13-3-5-14(6-4-13)17-11-25-19(20-17)21-18(22)12-24-16-9-7-15(23-2)8-10-16/h3-11H,12H2,1-2H3,(H,20,21,22). The highest BCUT2D eigenvalue weighted by Gasteiger charge is 2.09. The second-order valence-corrected chi connectivity index (χ2v) is 7.32. The van der Waals surface area contributed by atoms with Crippen LogP contribution in [0.4, 0.5) is 5.13 Å². The molecule has 2 aromatic carbocycles. The number of amides is 1. The van der Waals surface area contributed by atoms with E-state index in [-0.39, 0.29) is 5.91 Å². The second-order valence-electron chi connectivity index (χ2n) is 5.42. The van der Waals surface area contributed by atoms with E-state index in [0.717, 1.165) is 21.9 Å². The van der Waals surface area contributed by atoms with Gasteiger partial charge in [-0.15, -0.1) is 23.1 Å². The van der Waals surface area contributed by atoms with Gasteiger partial charge >= 0.3 is 0 Å². The summed E-state index contributed by atoms with van der Waals surface area (Å²) in [4.78, 5) is 17.6. The lowest BCUT2D eigenvalue weighted by atomic mass is 10.1. The van der Waals surface area contributed by atoms with Crippen LogP contribution in [0.5, 0.6) is 5.75 Å². The Labute approximate surface area is 155 Å². The van der Waals surface area contributed by atoms with Gasteiger partial charge in [0.1, 0.15) is 5.75 Å². The van der Waals surface area contributed by atoms with E-state index in [1.165, 1.54) is 28.7 Å². The maximum absolute atomic E-state index is 12.1. The predicted molar refractivity (Wildman–Crippen MR) is 105 cm³/mol. The van der Waals surface area contributed by atoms with Gasteiger partial charge in [0.15, 0.2) is 5.13 Å². The Bertz CT molecular complexity index is 843. The Balaban J connectivity index is 1.55. The molecule has 1 amide bonds. The number of carbonyl (C=O) groups excluding carboxylic acids is 1. The number of thioether (sulfide) groups is 1. The molecule has 6 heteroatoms. The van der Waals surface area contributed by atoms with Gasteiger partial charge < -0.3 is 10.1 Å². The molecule has 0 bridgehead atoms. The number of carbonyl (C=O) groups is 1. The molecule has 0 saturated carbocycles. The minimum absolute atomic E-state index is 0.0642. The summed E-state index contributed by atoms with van der Waals surface area (Å²) in [6.07, 6.45) is 0. The molecule has 1 N–H and O–H groups in total. The Morgan fingerprint density at radius 2 is 1.88 bits per heavy atom. The molecule has 1 heterocycles. The number of methoxy groups -OCH3 is 1. The highest BCUT2D eigenvalue weighted by molar-refractivity contribution is 8.00. The van der Waals surface area contributed by atoms with Crippen LogP contribution < -0.4 is 10.1 Å². The number of ether oxygens (including phenoxy) is 1. The van der Waals surface area contributed by atoms with Crippen LogP contribution in [0.25, 0.3) is 11.3 Å². The monoisotopic (exact) mass is 370 g/mol. The maximum atomic E-state index is 12.1. The van der Waals surface area contributed by atoms with E-state index in [0.29, 0.717) is 10.9 Å². The highest BCUT2D eigenvalue weighted by Crippen LogP contribution is 2.26. The zero-order valence-electron chi connectivity index (χ0n) is 14.0. The number of aryl methyl sites for hydroxylation is 1. The number of nitrogens with zero attached hydrogens (tertiary/aromatic N) is 1. The Hall–Kier alpha value is -2.31. The van der Waals surface area contributed by atoms with E-state index in [9.17, 15) is 4.79 Å². The van der Waals surface area contributed by atoms with Gasteiger partial charge in [-0.3, -0.25) is 4.79 Å². The number of thiazole rings is 1. The summed E-state index contributed by atoms with van der Waals surface area (Å²) < 4.78 is 5.12. The van der Waals surface area contributed by atoms with E-state index < -0.39 is 0 Å². The third kappa shape index (κ3) is 4.84. The Morgan fingerprint density at radius 3 is 2.56 bits per heavy atom. The van der Waals surface area contributed by atoms with E-state index >= 15 is 0 Å². The van der Waals surface area contributed by atoms with Crippen LogP contribution in [-0.4, -0.2) is 23.8 Å². The molecule has 0 fully saturated rings. The zero-order chi connectivity index (χ0) is 17.6. The molecule has 0 saturated heterocycles. The van der Waals surface area contributed by atoms with Crippen molar-refractivity contribution in [2.24, 2.45) is 0 Å². The summed E-state index contributed by atoms with van der Waals surface area (Å²) in [5.41, 5.74) is 3.14. The Morgan fingerprint density at radius 1 is 1.16 bits per heavy atom. The first kappa shape index (κ1) is 17.5. The van der Waals surface area contributed by atoms with E-state index in [4.69, 9.17) is 4.74 Å². The number of hydrogen-bond acceptors (Lipinski definition) is 5. The van der Waals surface area contributed by atoms with E-state index in [1.54, 1.807) is 7.11 Å². The van der Waals surface area contributed by atoms with Gasteiger partial charge in [-0.1, -0.05) is 29.8 Å². The molecule has 0 atom stereocenters. The molecule has 0 aliphatic carbocycles. The normalized spacial score (nSPS) is 10.5. The highest BCUT2D eigenvalue weighted by atomic mass is 32.2. The van der Waals surface area contributed by atoms with Crippen molar-refractivity contribution in [3.63, 3.8) is 0 Å². The molecule has 128 valence electrons. The molecule has 25 heavy (non-hydrogen) atoms. The van der Waals surface area contributed by atoms with Crippen LogP contribution in [-0.2, 0) is 4.79 Å². The summed E-state index contributed by atoms with van der Waals surface area (Å²) in [7, 11) is 1.63. The van der Waals surface area contributed by atoms with Gasteiger partial charge in [-0.2, -0.15) is 0 Å².